The third kappa shape index (κ3) is 4.35. The average Bonchev–Trinajstić information content (AvgIpc) is 2.47. The molecule has 0 fully saturated rings. The predicted molar refractivity (Wildman–Crippen MR) is 85.2 cm³/mol. The van der Waals surface area contributed by atoms with Crippen LogP contribution in [0.1, 0.15) is 30.5 Å². The van der Waals surface area contributed by atoms with Crippen LogP contribution in [-0.2, 0) is 6.42 Å². The standard InChI is InChI=1S/C17H18BrF2N/c1-2-9-21-16(11-12-5-3-6-13(19)10-12)14-7-4-8-15(20)17(14)18/h3-8,10,16,21H,2,9,11H2,1H3. The molecular formula is C17H18BrF2N. The highest BCUT2D eigenvalue weighted by Crippen LogP contribution is 2.28. The summed E-state index contributed by atoms with van der Waals surface area (Å²) in [5.74, 6) is -0.532. The van der Waals surface area contributed by atoms with E-state index >= 15 is 0 Å². The molecular weight excluding hydrogens is 336 g/mol. The summed E-state index contributed by atoms with van der Waals surface area (Å²) in [7, 11) is 0. The Balaban J connectivity index is 2.27. The maximum absolute atomic E-state index is 13.7. The third-order valence-electron chi connectivity index (χ3n) is 3.33. The van der Waals surface area contributed by atoms with Gasteiger partial charge in [-0.05, 0) is 64.6 Å². The number of rotatable bonds is 6. The van der Waals surface area contributed by atoms with E-state index in [2.05, 4.69) is 28.2 Å². The molecule has 0 spiro atoms. The predicted octanol–water partition coefficient (Wildman–Crippen LogP) is 5.01. The van der Waals surface area contributed by atoms with Gasteiger partial charge in [0.25, 0.3) is 0 Å². The molecule has 1 nitrogen and oxygen atoms in total. The molecule has 4 heteroatoms. The van der Waals surface area contributed by atoms with E-state index in [9.17, 15) is 8.78 Å². The zero-order valence-electron chi connectivity index (χ0n) is 11.9. The van der Waals surface area contributed by atoms with Gasteiger partial charge in [0.05, 0.1) is 4.47 Å². The molecule has 0 heterocycles. The van der Waals surface area contributed by atoms with E-state index in [0.29, 0.717) is 10.9 Å². The fourth-order valence-corrected chi connectivity index (χ4v) is 2.84. The van der Waals surface area contributed by atoms with E-state index in [1.165, 1.54) is 18.2 Å². The molecule has 0 aliphatic rings. The Morgan fingerprint density at radius 3 is 2.62 bits per heavy atom. The topological polar surface area (TPSA) is 12.0 Å². The first kappa shape index (κ1) is 16.1. The van der Waals surface area contributed by atoms with Crippen molar-refractivity contribution in [1.82, 2.24) is 5.32 Å². The van der Waals surface area contributed by atoms with Crippen LogP contribution in [0.2, 0.25) is 0 Å². The van der Waals surface area contributed by atoms with Crippen molar-refractivity contribution in [2.75, 3.05) is 6.54 Å². The zero-order chi connectivity index (χ0) is 15.2. The molecule has 2 aromatic carbocycles. The molecule has 1 unspecified atom stereocenters. The summed E-state index contributed by atoms with van der Waals surface area (Å²) in [6, 6.07) is 11.5. The van der Waals surface area contributed by atoms with Crippen LogP contribution in [0.15, 0.2) is 46.9 Å². The maximum Gasteiger partial charge on any atom is 0.137 e. The Hall–Kier alpha value is -1.26. The van der Waals surface area contributed by atoms with Crippen LogP contribution < -0.4 is 5.32 Å². The van der Waals surface area contributed by atoms with Crippen molar-refractivity contribution in [3.8, 4) is 0 Å². The normalized spacial score (nSPS) is 12.4. The summed E-state index contributed by atoms with van der Waals surface area (Å²) < 4.78 is 27.5. The van der Waals surface area contributed by atoms with Gasteiger partial charge in [-0.1, -0.05) is 31.2 Å². The molecule has 0 aromatic heterocycles. The van der Waals surface area contributed by atoms with Gasteiger partial charge in [0.15, 0.2) is 0 Å². The first-order valence-electron chi connectivity index (χ1n) is 7.03. The minimum atomic E-state index is -0.282. The highest BCUT2D eigenvalue weighted by Gasteiger charge is 2.16. The van der Waals surface area contributed by atoms with Crippen molar-refractivity contribution < 1.29 is 8.78 Å². The van der Waals surface area contributed by atoms with Gasteiger partial charge in [-0.2, -0.15) is 0 Å². The monoisotopic (exact) mass is 353 g/mol. The molecule has 112 valence electrons. The molecule has 0 radical (unpaired) electrons. The van der Waals surface area contributed by atoms with Gasteiger partial charge in [-0.15, -0.1) is 0 Å². The molecule has 0 saturated carbocycles. The SMILES string of the molecule is CCCNC(Cc1cccc(F)c1)c1cccc(F)c1Br. The summed E-state index contributed by atoms with van der Waals surface area (Å²) in [6.45, 7) is 2.90. The van der Waals surface area contributed by atoms with E-state index < -0.39 is 0 Å². The second kappa shape index (κ2) is 7.66. The van der Waals surface area contributed by atoms with Gasteiger partial charge >= 0.3 is 0 Å². The first-order valence-corrected chi connectivity index (χ1v) is 7.83. The summed E-state index contributed by atoms with van der Waals surface area (Å²) in [6.07, 6.45) is 1.59. The summed E-state index contributed by atoms with van der Waals surface area (Å²) >= 11 is 3.31. The van der Waals surface area contributed by atoms with E-state index in [-0.39, 0.29) is 17.7 Å². The summed E-state index contributed by atoms with van der Waals surface area (Å²) in [5.41, 5.74) is 1.74. The molecule has 0 saturated heterocycles. The molecule has 1 N–H and O–H groups in total. The van der Waals surface area contributed by atoms with Crippen molar-refractivity contribution in [3.05, 3.63) is 69.7 Å². The fourth-order valence-electron chi connectivity index (χ4n) is 2.30. The Morgan fingerprint density at radius 2 is 1.90 bits per heavy atom. The average molecular weight is 354 g/mol. The van der Waals surface area contributed by atoms with Gasteiger partial charge in [0.2, 0.25) is 0 Å². The highest BCUT2D eigenvalue weighted by molar-refractivity contribution is 9.10. The number of halogens is 3. The second-order valence-corrected chi connectivity index (χ2v) is 5.78. The lowest BCUT2D eigenvalue weighted by Gasteiger charge is -2.21. The minimum absolute atomic E-state index is 0.0585. The summed E-state index contributed by atoms with van der Waals surface area (Å²) in [4.78, 5) is 0. The third-order valence-corrected chi connectivity index (χ3v) is 4.16. The van der Waals surface area contributed by atoms with Crippen LogP contribution in [0, 0.1) is 11.6 Å². The van der Waals surface area contributed by atoms with Crippen LogP contribution in [0.4, 0.5) is 8.78 Å². The van der Waals surface area contributed by atoms with Crippen molar-refractivity contribution in [2.45, 2.75) is 25.8 Å². The molecule has 21 heavy (non-hydrogen) atoms. The van der Waals surface area contributed by atoms with Crippen LogP contribution in [0.5, 0.6) is 0 Å². The van der Waals surface area contributed by atoms with Crippen molar-refractivity contribution >= 4 is 15.9 Å². The van der Waals surface area contributed by atoms with Gasteiger partial charge in [0, 0.05) is 6.04 Å². The van der Waals surface area contributed by atoms with Crippen LogP contribution >= 0.6 is 15.9 Å². The lowest BCUT2D eigenvalue weighted by molar-refractivity contribution is 0.519. The van der Waals surface area contributed by atoms with Gasteiger partial charge in [-0.3, -0.25) is 0 Å². The maximum atomic E-state index is 13.7. The zero-order valence-corrected chi connectivity index (χ0v) is 13.5. The molecule has 0 bridgehead atoms. The number of hydrogen-bond acceptors (Lipinski definition) is 1. The largest absolute Gasteiger partial charge is 0.310 e. The Kier molecular flexibility index (Phi) is 5.88. The van der Waals surface area contributed by atoms with E-state index in [0.717, 1.165) is 24.1 Å². The molecule has 1 atom stereocenters. The molecule has 0 aliphatic carbocycles. The van der Waals surface area contributed by atoms with Crippen molar-refractivity contribution in [3.63, 3.8) is 0 Å². The van der Waals surface area contributed by atoms with Crippen molar-refractivity contribution in [2.24, 2.45) is 0 Å². The number of hydrogen-bond donors (Lipinski definition) is 1. The van der Waals surface area contributed by atoms with E-state index in [1.54, 1.807) is 12.1 Å². The second-order valence-electron chi connectivity index (χ2n) is 4.98. The van der Waals surface area contributed by atoms with Gasteiger partial charge < -0.3 is 5.32 Å². The lowest BCUT2D eigenvalue weighted by atomic mass is 9.98. The fraction of sp³-hybridized carbons (Fsp3) is 0.294. The van der Waals surface area contributed by atoms with Crippen LogP contribution in [-0.4, -0.2) is 6.54 Å². The highest BCUT2D eigenvalue weighted by atomic mass is 79.9. The lowest BCUT2D eigenvalue weighted by Crippen LogP contribution is -2.24. The van der Waals surface area contributed by atoms with Gasteiger partial charge in [0.1, 0.15) is 11.6 Å². The van der Waals surface area contributed by atoms with Crippen LogP contribution in [0.3, 0.4) is 0 Å². The molecule has 0 amide bonds. The Bertz CT molecular complexity index is 601. The number of benzene rings is 2. The molecule has 2 rings (SSSR count). The molecule has 2 aromatic rings. The quantitative estimate of drug-likeness (QED) is 0.769. The molecule has 0 aliphatic heterocycles. The van der Waals surface area contributed by atoms with E-state index in [1.807, 2.05) is 12.1 Å². The van der Waals surface area contributed by atoms with Crippen molar-refractivity contribution in [1.29, 1.82) is 0 Å². The van der Waals surface area contributed by atoms with E-state index in [4.69, 9.17) is 0 Å². The Morgan fingerprint density at radius 1 is 1.14 bits per heavy atom. The Labute approximate surface area is 132 Å². The van der Waals surface area contributed by atoms with Crippen LogP contribution in [0.25, 0.3) is 0 Å². The first-order chi connectivity index (χ1) is 10.1. The minimum Gasteiger partial charge on any atom is -0.310 e. The smallest absolute Gasteiger partial charge is 0.137 e. The van der Waals surface area contributed by atoms with Gasteiger partial charge in [-0.25, -0.2) is 8.78 Å². The summed E-state index contributed by atoms with van der Waals surface area (Å²) in [5, 5.41) is 3.40. The number of nitrogens with one attached hydrogen (secondary N) is 1.